The minimum atomic E-state index is -0.394. The summed E-state index contributed by atoms with van der Waals surface area (Å²) in [6, 6.07) is 4.74. The zero-order chi connectivity index (χ0) is 12.3. The molecule has 1 amide bonds. The Balaban J connectivity index is 1.99. The number of nitrogens with zero attached hydrogens (tertiary/aromatic N) is 1. The number of carbonyl (C=O) groups is 1. The van der Waals surface area contributed by atoms with E-state index in [0.717, 1.165) is 0 Å². The fraction of sp³-hybridized carbons (Fsp3) is 0.364. The van der Waals surface area contributed by atoms with E-state index in [9.17, 15) is 4.79 Å². The summed E-state index contributed by atoms with van der Waals surface area (Å²) in [6.45, 7) is 2.16. The standard InChI is InChI=1S/C11H13ClN2O3/c12-9-7-8(1-2-10(9)13)17-11(15)14-3-5-16-6-4-14/h1-2,7H,3-6,13H2. The number of nitrogens with two attached hydrogens (primary N) is 1. The Kier molecular flexibility index (Phi) is 3.71. The number of ether oxygens (including phenoxy) is 2. The Morgan fingerprint density at radius 2 is 2.12 bits per heavy atom. The van der Waals surface area contributed by atoms with Gasteiger partial charge in [0.15, 0.2) is 0 Å². The van der Waals surface area contributed by atoms with E-state index < -0.39 is 6.09 Å². The van der Waals surface area contributed by atoms with Gasteiger partial charge in [-0.2, -0.15) is 0 Å². The van der Waals surface area contributed by atoms with E-state index >= 15 is 0 Å². The van der Waals surface area contributed by atoms with Gasteiger partial charge in [0, 0.05) is 19.2 Å². The highest BCUT2D eigenvalue weighted by atomic mass is 35.5. The van der Waals surface area contributed by atoms with E-state index in [1.54, 1.807) is 17.0 Å². The van der Waals surface area contributed by atoms with Crippen LogP contribution in [0.2, 0.25) is 5.02 Å². The van der Waals surface area contributed by atoms with Crippen molar-refractivity contribution in [1.82, 2.24) is 4.90 Å². The van der Waals surface area contributed by atoms with Gasteiger partial charge in [0.1, 0.15) is 5.75 Å². The van der Waals surface area contributed by atoms with E-state index in [0.29, 0.717) is 42.8 Å². The highest BCUT2D eigenvalue weighted by Crippen LogP contribution is 2.24. The number of carbonyl (C=O) groups excluding carboxylic acids is 1. The lowest BCUT2D eigenvalue weighted by Gasteiger charge is -2.25. The number of morpholine rings is 1. The van der Waals surface area contributed by atoms with Crippen molar-refractivity contribution in [1.29, 1.82) is 0 Å². The Morgan fingerprint density at radius 3 is 2.76 bits per heavy atom. The first kappa shape index (κ1) is 12.0. The van der Waals surface area contributed by atoms with E-state index in [4.69, 9.17) is 26.8 Å². The number of anilines is 1. The van der Waals surface area contributed by atoms with E-state index in [-0.39, 0.29) is 0 Å². The molecular weight excluding hydrogens is 244 g/mol. The lowest BCUT2D eigenvalue weighted by Crippen LogP contribution is -2.42. The zero-order valence-corrected chi connectivity index (χ0v) is 9.94. The van der Waals surface area contributed by atoms with Gasteiger partial charge in [0.2, 0.25) is 0 Å². The molecule has 0 atom stereocenters. The summed E-state index contributed by atoms with van der Waals surface area (Å²) in [7, 11) is 0. The quantitative estimate of drug-likeness (QED) is 0.778. The molecule has 0 spiro atoms. The Bertz CT molecular complexity index is 419. The van der Waals surface area contributed by atoms with Gasteiger partial charge >= 0.3 is 6.09 Å². The highest BCUT2D eigenvalue weighted by molar-refractivity contribution is 6.33. The topological polar surface area (TPSA) is 64.8 Å². The maximum Gasteiger partial charge on any atom is 0.415 e. The van der Waals surface area contributed by atoms with Gasteiger partial charge in [-0.3, -0.25) is 0 Å². The fourth-order valence-corrected chi connectivity index (χ4v) is 1.65. The monoisotopic (exact) mass is 256 g/mol. The molecule has 17 heavy (non-hydrogen) atoms. The smallest absolute Gasteiger partial charge is 0.410 e. The first-order valence-corrected chi connectivity index (χ1v) is 5.64. The average molecular weight is 257 g/mol. The SMILES string of the molecule is Nc1ccc(OC(=O)N2CCOCC2)cc1Cl. The normalized spacial score (nSPS) is 15.7. The van der Waals surface area contributed by atoms with Gasteiger partial charge in [-0.05, 0) is 12.1 Å². The summed E-state index contributed by atoms with van der Waals surface area (Å²) < 4.78 is 10.3. The third kappa shape index (κ3) is 3.01. The van der Waals surface area contributed by atoms with Crippen LogP contribution in [-0.2, 0) is 4.74 Å². The number of halogens is 1. The van der Waals surface area contributed by atoms with Gasteiger partial charge in [0.25, 0.3) is 0 Å². The molecule has 1 aromatic rings. The maximum absolute atomic E-state index is 11.7. The molecule has 2 N–H and O–H groups in total. The van der Waals surface area contributed by atoms with Crippen LogP contribution in [0.5, 0.6) is 5.75 Å². The van der Waals surface area contributed by atoms with Crippen molar-refractivity contribution in [2.24, 2.45) is 0 Å². The van der Waals surface area contributed by atoms with Gasteiger partial charge in [-0.15, -0.1) is 0 Å². The van der Waals surface area contributed by atoms with Gasteiger partial charge in [0.05, 0.1) is 23.9 Å². The third-order valence-electron chi connectivity index (χ3n) is 2.45. The van der Waals surface area contributed by atoms with Crippen LogP contribution in [-0.4, -0.2) is 37.3 Å². The van der Waals surface area contributed by atoms with Crippen molar-refractivity contribution in [2.45, 2.75) is 0 Å². The van der Waals surface area contributed by atoms with E-state index in [2.05, 4.69) is 0 Å². The van der Waals surface area contributed by atoms with Crippen LogP contribution in [0.25, 0.3) is 0 Å². The van der Waals surface area contributed by atoms with Crippen LogP contribution < -0.4 is 10.5 Å². The average Bonchev–Trinajstić information content (AvgIpc) is 2.35. The molecule has 1 saturated heterocycles. The molecule has 1 aliphatic heterocycles. The number of hydrogen-bond acceptors (Lipinski definition) is 4. The Morgan fingerprint density at radius 1 is 1.41 bits per heavy atom. The summed E-state index contributed by atoms with van der Waals surface area (Å²) in [4.78, 5) is 13.3. The molecule has 0 radical (unpaired) electrons. The summed E-state index contributed by atoms with van der Waals surface area (Å²) in [5, 5.41) is 0.372. The van der Waals surface area contributed by atoms with Crippen molar-refractivity contribution in [3.63, 3.8) is 0 Å². The summed E-state index contributed by atoms with van der Waals surface area (Å²) in [5.74, 6) is 0.390. The molecule has 6 heteroatoms. The molecule has 0 saturated carbocycles. The fourth-order valence-electron chi connectivity index (χ4n) is 1.48. The molecule has 0 bridgehead atoms. The minimum absolute atomic E-state index is 0.372. The molecule has 5 nitrogen and oxygen atoms in total. The van der Waals surface area contributed by atoms with Crippen LogP contribution >= 0.6 is 11.6 Å². The predicted octanol–water partition coefficient (Wildman–Crippen LogP) is 1.75. The molecule has 92 valence electrons. The zero-order valence-electron chi connectivity index (χ0n) is 9.19. The summed E-state index contributed by atoms with van der Waals surface area (Å²) in [6.07, 6.45) is -0.394. The van der Waals surface area contributed by atoms with Crippen molar-refractivity contribution in [3.05, 3.63) is 23.2 Å². The second kappa shape index (κ2) is 5.25. The van der Waals surface area contributed by atoms with Gasteiger partial charge in [-0.1, -0.05) is 11.6 Å². The molecule has 1 aliphatic rings. The first-order valence-electron chi connectivity index (χ1n) is 5.26. The molecule has 1 aromatic carbocycles. The van der Waals surface area contributed by atoms with Crippen LogP contribution in [0.4, 0.5) is 10.5 Å². The van der Waals surface area contributed by atoms with Gasteiger partial charge in [-0.25, -0.2) is 4.79 Å². The van der Waals surface area contributed by atoms with Crippen molar-refractivity contribution in [3.8, 4) is 5.75 Å². The van der Waals surface area contributed by atoms with Crippen molar-refractivity contribution in [2.75, 3.05) is 32.0 Å². The van der Waals surface area contributed by atoms with Crippen LogP contribution in [0, 0.1) is 0 Å². The lowest BCUT2D eigenvalue weighted by atomic mass is 10.3. The van der Waals surface area contributed by atoms with Crippen LogP contribution in [0.15, 0.2) is 18.2 Å². The first-order chi connectivity index (χ1) is 8.16. The highest BCUT2D eigenvalue weighted by Gasteiger charge is 2.18. The summed E-state index contributed by atoms with van der Waals surface area (Å²) in [5.41, 5.74) is 6.02. The predicted molar refractivity (Wildman–Crippen MR) is 64.3 cm³/mol. The number of nitrogen functional groups attached to an aromatic ring is 1. The van der Waals surface area contributed by atoms with Gasteiger partial charge < -0.3 is 20.1 Å². The van der Waals surface area contributed by atoms with E-state index in [1.807, 2.05) is 0 Å². The number of rotatable bonds is 1. The largest absolute Gasteiger partial charge is 0.415 e. The van der Waals surface area contributed by atoms with Crippen LogP contribution in [0.3, 0.4) is 0 Å². The second-order valence-corrected chi connectivity index (χ2v) is 4.06. The third-order valence-corrected chi connectivity index (χ3v) is 2.77. The number of amides is 1. The number of benzene rings is 1. The summed E-state index contributed by atoms with van der Waals surface area (Å²) >= 11 is 5.83. The maximum atomic E-state index is 11.7. The molecular formula is C11H13ClN2O3. The van der Waals surface area contributed by atoms with E-state index in [1.165, 1.54) is 6.07 Å². The van der Waals surface area contributed by atoms with Crippen molar-refractivity contribution < 1.29 is 14.3 Å². The minimum Gasteiger partial charge on any atom is -0.410 e. The molecule has 1 fully saturated rings. The Hall–Kier alpha value is -1.46. The molecule has 2 rings (SSSR count). The molecule has 0 aliphatic carbocycles. The second-order valence-electron chi connectivity index (χ2n) is 3.65. The Labute approximate surface area is 104 Å². The van der Waals surface area contributed by atoms with Crippen molar-refractivity contribution >= 4 is 23.4 Å². The molecule has 0 unspecified atom stereocenters. The molecule has 1 heterocycles. The van der Waals surface area contributed by atoms with Crippen LogP contribution in [0.1, 0.15) is 0 Å². The number of hydrogen-bond donors (Lipinski definition) is 1. The lowest BCUT2D eigenvalue weighted by molar-refractivity contribution is 0.0416. The molecule has 0 aromatic heterocycles.